The van der Waals surface area contributed by atoms with Gasteiger partial charge in [0.25, 0.3) is 0 Å². The summed E-state index contributed by atoms with van der Waals surface area (Å²) < 4.78 is 10.7. The van der Waals surface area contributed by atoms with Crippen molar-refractivity contribution < 1.29 is 19.7 Å². The molecule has 3 aliphatic heterocycles. The van der Waals surface area contributed by atoms with Gasteiger partial charge in [-0.05, 0) is 6.92 Å². The van der Waals surface area contributed by atoms with Crippen LogP contribution >= 0.6 is 0 Å². The van der Waals surface area contributed by atoms with E-state index in [9.17, 15) is 10.2 Å². The van der Waals surface area contributed by atoms with E-state index in [0.717, 1.165) is 0 Å². The topological polar surface area (TPSA) is 125 Å². The van der Waals surface area contributed by atoms with Gasteiger partial charge in [0.2, 0.25) is 0 Å². The summed E-state index contributed by atoms with van der Waals surface area (Å²) in [5.41, 5.74) is 5.65. The van der Waals surface area contributed by atoms with Crippen molar-refractivity contribution in [2.45, 2.75) is 37.1 Å². The molecule has 1 fully saturated rings. The Morgan fingerprint density at radius 3 is 3.00 bits per heavy atom. The van der Waals surface area contributed by atoms with Gasteiger partial charge >= 0.3 is 0 Å². The summed E-state index contributed by atoms with van der Waals surface area (Å²) in [5.74, 6) is 0.518. The van der Waals surface area contributed by atoms with Crippen LogP contribution in [0.3, 0.4) is 0 Å². The number of rotatable bonds is 3. The second-order valence-electron chi connectivity index (χ2n) is 5.46. The number of aliphatic imine (C=N–C) groups is 3. The maximum Gasteiger partial charge on any atom is 0.162 e. The lowest BCUT2D eigenvalue weighted by molar-refractivity contribution is -0.0736. The van der Waals surface area contributed by atoms with Crippen LogP contribution in [0, 0.1) is 0 Å². The van der Waals surface area contributed by atoms with Gasteiger partial charge in [0.1, 0.15) is 37.0 Å². The van der Waals surface area contributed by atoms with Crippen LogP contribution in [0.25, 0.3) is 0 Å². The number of nitrogens with two attached hydrogens (primary N) is 1. The standard InChI is InChI=1S/C12H19N5O4/c1-12(13)9-10(14-4-16-12)17(5-15-9)11-8(19)7(18)6(21-11)3-20-2/h4,6-8,11,18-19H,3,5,13H2,1-2H3/t6-,7-,8-,11-,12?/m1/s1. The molecule has 4 N–H and O–H groups in total. The van der Waals surface area contributed by atoms with Crippen LogP contribution in [-0.4, -0.2) is 83.6 Å². The molecule has 0 aromatic carbocycles. The largest absolute Gasteiger partial charge is 0.387 e. The SMILES string of the molecule is COC[C@H]1O[C@@H](N2CN=C3C2=NC=NC3(C)N)[C@H](O)[C@@H]1O. The summed E-state index contributed by atoms with van der Waals surface area (Å²) in [7, 11) is 1.51. The summed E-state index contributed by atoms with van der Waals surface area (Å²) in [4.78, 5) is 14.3. The zero-order valence-corrected chi connectivity index (χ0v) is 11.9. The Morgan fingerprint density at radius 1 is 1.52 bits per heavy atom. The van der Waals surface area contributed by atoms with E-state index < -0.39 is 30.2 Å². The van der Waals surface area contributed by atoms with Gasteiger partial charge in [-0.1, -0.05) is 0 Å². The predicted molar refractivity (Wildman–Crippen MR) is 75.2 cm³/mol. The van der Waals surface area contributed by atoms with E-state index in [1.165, 1.54) is 13.4 Å². The number of aliphatic hydroxyl groups excluding tert-OH is 2. The van der Waals surface area contributed by atoms with Crippen molar-refractivity contribution in [1.29, 1.82) is 0 Å². The molecule has 0 spiro atoms. The molecule has 1 unspecified atom stereocenters. The van der Waals surface area contributed by atoms with E-state index in [1.54, 1.807) is 11.8 Å². The molecule has 3 heterocycles. The molecule has 5 atom stereocenters. The monoisotopic (exact) mass is 297 g/mol. The van der Waals surface area contributed by atoms with Gasteiger partial charge in [-0.25, -0.2) is 9.98 Å². The summed E-state index contributed by atoms with van der Waals surface area (Å²) in [6, 6.07) is 0. The average Bonchev–Trinajstić information content (AvgIpc) is 2.97. The van der Waals surface area contributed by atoms with Crippen LogP contribution in [-0.2, 0) is 9.47 Å². The number of fused-ring (bicyclic) bond motifs is 1. The zero-order chi connectivity index (χ0) is 15.2. The molecule has 21 heavy (non-hydrogen) atoms. The molecule has 0 saturated carbocycles. The van der Waals surface area contributed by atoms with Crippen molar-refractivity contribution in [1.82, 2.24) is 4.90 Å². The van der Waals surface area contributed by atoms with E-state index in [2.05, 4.69) is 15.0 Å². The van der Waals surface area contributed by atoms with Gasteiger partial charge in [-0.2, -0.15) is 0 Å². The number of aliphatic hydroxyl groups is 2. The minimum atomic E-state index is -1.08. The van der Waals surface area contributed by atoms with Crippen molar-refractivity contribution in [2.24, 2.45) is 20.7 Å². The first-order chi connectivity index (χ1) is 9.95. The van der Waals surface area contributed by atoms with E-state index >= 15 is 0 Å². The van der Waals surface area contributed by atoms with Crippen LogP contribution < -0.4 is 5.73 Å². The Kier molecular flexibility index (Phi) is 3.54. The molecule has 0 aromatic rings. The molecule has 0 aromatic heterocycles. The van der Waals surface area contributed by atoms with Crippen LogP contribution in [0.1, 0.15) is 6.92 Å². The molecule has 0 amide bonds. The molecule has 1 saturated heterocycles. The molecule has 9 nitrogen and oxygen atoms in total. The minimum Gasteiger partial charge on any atom is -0.387 e. The fourth-order valence-corrected chi connectivity index (χ4v) is 2.70. The normalized spacial score (nSPS) is 42.0. The third kappa shape index (κ3) is 2.27. The number of methoxy groups -OCH3 is 1. The smallest absolute Gasteiger partial charge is 0.162 e. The van der Waals surface area contributed by atoms with E-state index in [4.69, 9.17) is 15.2 Å². The average molecular weight is 297 g/mol. The molecule has 0 bridgehead atoms. The minimum absolute atomic E-state index is 0.193. The summed E-state index contributed by atoms with van der Waals surface area (Å²) in [5, 5.41) is 20.2. The highest BCUT2D eigenvalue weighted by atomic mass is 16.6. The van der Waals surface area contributed by atoms with Gasteiger partial charge in [0.05, 0.1) is 6.61 Å². The fourth-order valence-electron chi connectivity index (χ4n) is 2.70. The second kappa shape index (κ2) is 5.11. The summed E-state index contributed by atoms with van der Waals surface area (Å²) in [6.45, 7) is 2.17. The molecular formula is C12H19N5O4. The van der Waals surface area contributed by atoms with Gasteiger partial charge in [-0.15, -0.1) is 0 Å². The van der Waals surface area contributed by atoms with Crippen molar-refractivity contribution in [3.8, 4) is 0 Å². The van der Waals surface area contributed by atoms with Crippen molar-refractivity contribution in [2.75, 3.05) is 20.4 Å². The highest BCUT2D eigenvalue weighted by molar-refractivity contribution is 6.47. The number of amidine groups is 1. The molecule has 3 aliphatic rings. The highest BCUT2D eigenvalue weighted by Gasteiger charge is 2.49. The van der Waals surface area contributed by atoms with E-state index in [1.807, 2.05) is 0 Å². The van der Waals surface area contributed by atoms with Gasteiger partial charge in [-0.3, -0.25) is 4.99 Å². The van der Waals surface area contributed by atoms with Crippen LogP contribution in [0.2, 0.25) is 0 Å². The van der Waals surface area contributed by atoms with E-state index in [0.29, 0.717) is 11.5 Å². The Hall–Kier alpha value is -1.39. The first kappa shape index (κ1) is 14.5. The maximum atomic E-state index is 10.2. The predicted octanol–water partition coefficient (Wildman–Crippen LogP) is -2.09. The Bertz CT molecular complexity index is 518. The molecular weight excluding hydrogens is 278 g/mol. The van der Waals surface area contributed by atoms with Gasteiger partial charge in [0.15, 0.2) is 17.7 Å². The van der Waals surface area contributed by atoms with Crippen molar-refractivity contribution >= 4 is 17.9 Å². The van der Waals surface area contributed by atoms with Crippen LogP contribution in [0.4, 0.5) is 0 Å². The number of ether oxygens (including phenoxy) is 2. The number of hydrogen-bond donors (Lipinski definition) is 3. The van der Waals surface area contributed by atoms with E-state index in [-0.39, 0.29) is 13.3 Å². The fraction of sp³-hybridized carbons (Fsp3) is 0.750. The molecule has 9 heteroatoms. The number of hydrogen-bond acceptors (Lipinski definition) is 9. The molecule has 116 valence electrons. The zero-order valence-electron chi connectivity index (χ0n) is 11.9. The quantitative estimate of drug-likeness (QED) is 0.548. The van der Waals surface area contributed by atoms with Crippen LogP contribution in [0.15, 0.2) is 15.0 Å². The Balaban J connectivity index is 1.81. The van der Waals surface area contributed by atoms with Gasteiger partial charge < -0.3 is 30.3 Å². The number of nitrogens with zero attached hydrogens (tertiary/aromatic N) is 4. The van der Waals surface area contributed by atoms with Crippen molar-refractivity contribution in [3.63, 3.8) is 0 Å². The molecule has 3 rings (SSSR count). The molecule has 0 radical (unpaired) electrons. The lowest BCUT2D eigenvalue weighted by atomic mass is 10.1. The molecule has 0 aliphatic carbocycles. The summed E-state index contributed by atoms with van der Waals surface area (Å²) in [6.07, 6.45) is -2.08. The highest BCUT2D eigenvalue weighted by Crippen LogP contribution is 2.28. The third-order valence-electron chi connectivity index (χ3n) is 3.83. The van der Waals surface area contributed by atoms with Crippen molar-refractivity contribution in [3.05, 3.63) is 0 Å². The first-order valence-corrected chi connectivity index (χ1v) is 6.68. The summed E-state index contributed by atoms with van der Waals surface area (Å²) >= 11 is 0. The lowest BCUT2D eigenvalue weighted by Gasteiger charge is -2.30. The van der Waals surface area contributed by atoms with Crippen LogP contribution in [0.5, 0.6) is 0 Å². The first-order valence-electron chi connectivity index (χ1n) is 6.68. The Morgan fingerprint density at radius 2 is 2.29 bits per heavy atom. The lowest BCUT2D eigenvalue weighted by Crippen LogP contribution is -2.54. The van der Waals surface area contributed by atoms with Gasteiger partial charge in [0, 0.05) is 7.11 Å². The third-order valence-corrected chi connectivity index (χ3v) is 3.83. The second-order valence-corrected chi connectivity index (χ2v) is 5.46. The maximum absolute atomic E-state index is 10.2. The Labute approximate surface area is 121 Å².